The maximum absolute atomic E-state index is 12.6. The van der Waals surface area contributed by atoms with E-state index in [-0.39, 0.29) is 11.4 Å². The van der Waals surface area contributed by atoms with Crippen molar-refractivity contribution < 1.29 is 4.79 Å². The topological polar surface area (TPSA) is 32.3 Å². The Balaban J connectivity index is 2.05. The molecule has 0 aromatic carbocycles. The highest BCUT2D eigenvalue weighted by Crippen LogP contribution is 2.31. The van der Waals surface area contributed by atoms with Crippen LogP contribution in [0.1, 0.15) is 73.5 Å². The van der Waals surface area contributed by atoms with E-state index in [1.807, 2.05) is 5.38 Å². The third-order valence-electron chi connectivity index (χ3n) is 5.08. The number of nitrogens with one attached hydrogen (secondary N) is 1. The van der Waals surface area contributed by atoms with Crippen molar-refractivity contribution in [3.05, 3.63) is 21.9 Å². The van der Waals surface area contributed by atoms with Gasteiger partial charge in [0.15, 0.2) is 0 Å². The number of carbonyl (C=O) groups is 1. The zero-order valence-electron chi connectivity index (χ0n) is 14.4. The van der Waals surface area contributed by atoms with Gasteiger partial charge < -0.3 is 10.2 Å². The van der Waals surface area contributed by atoms with Crippen LogP contribution in [0.3, 0.4) is 0 Å². The van der Waals surface area contributed by atoms with Gasteiger partial charge in [-0.15, -0.1) is 11.3 Å². The van der Waals surface area contributed by atoms with Crippen LogP contribution in [-0.2, 0) is 0 Å². The zero-order valence-corrected chi connectivity index (χ0v) is 15.3. The van der Waals surface area contributed by atoms with E-state index in [2.05, 4.69) is 44.2 Å². The van der Waals surface area contributed by atoms with Gasteiger partial charge in [-0.1, -0.05) is 39.5 Å². The molecule has 0 saturated heterocycles. The Bertz CT molecular complexity index is 485. The van der Waals surface area contributed by atoms with Crippen LogP contribution < -0.4 is 5.32 Å². The van der Waals surface area contributed by atoms with Gasteiger partial charge in [-0.3, -0.25) is 4.79 Å². The van der Waals surface area contributed by atoms with Crippen molar-refractivity contribution in [2.75, 3.05) is 20.6 Å². The Hall–Kier alpha value is -0.870. The van der Waals surface area contributed by atoms with E-state index in [0.717, 1.165) is 11.4 Å². The van der Waals surface area contributed by atoms with Crippen LogP contribution in [-0.4, -0.2) is 37.0 Å². The van der Waals surface area contributed by atoms with E-state index in [0.29, 0.717) is 5.92 Å². The molecule has 1 heterocycles. The van der Waals surface area contributed by atoms with Crippen LogP contribution in [0, 0.1) is 0 Å². The predicted molar refractivity (Wildman–Crippen MR) is 94.9 cm³/mol. The molecule has 1 fully saturated rings. The van der Waals surface area contributed by atoms with Gasteiger partial charge in [0.1, 0.15) is 0 Å². The van der Waals surface area contributed by atoms with Gasteiger partial charge in [-0.05, 0) is 49.9 Å². The van der Waals surface area contributed by atoms with Crippen LogP contribution >= 0.6 is 11.3 Å². The van der Waals surface area contributed by atoms with E-state index >= 15 is 0 Å². The zero-order chi connectivity index (χ0) is 16.2. The molecule has 0 unspecified atom stereocenters. The quantitative estimate of drug-likeness (QED) is 0.822. The fraction of sp³-hybridized carbons (Fsp3) is 0.722. The number of likely N-dealkylation sites (N-methyl/N-ethyl adjacent to an activating group) is 1. The molecule has 22 heavy (non-hydrogen) atoms. The molecule has 0 bridgehead atoms. The summed E-state index contributed by atoms with van der Waals surface area (Å²) in [6.07, 6.45) is 7.55. The molecule has 4 heteroatoms. The fourth-order valence-corrected chi connectivity index (χ4v) is 4.42. The summed E-state index contributed by atoms with van der Waals surface area (Å²) in [5, 5.41) is 5.26. The van der Waals surface area contributed by atoms with Crippen LogP contribution in [0.25, 0.3) is 0 Å². The van der Waals surface area contributed by atoms with Gasteiger partial charge >= 0.3 is 0 Å². The molecule has 1 aromatic heterocycles. The van der Waals surface area contributed by atoms with Crippen LogP contribution in [0.2, 0.25) is 0 Å². The van der Waals surface area contributed by atoms with Gasteiger partial charge in [0, 0.05) is 12.1 Å². The van der Waals surface area contributed by atoms with E-state index < -0.39 is 0 Å². The molecule has 1 N–H and O–H groups in total. The maximum atomic E-state index is 12.6. The summed E-state index contributed by atoms with van der Waals surface area (Å²) in [4.78, 5) is 15.8. The number of carbonyl (C=O) groups excluding carboxylic acids is 1. The van der Waals surface area contributed by atoms with Crippen LogP contribution in [0.5, 0.6) is 0 Å². The molecule has 0 atom stereocenters. The number of amides is 1. The Labute approximate surface area is 139 Å². The molecular weight excluding hydrogens is 292 g/mol. The predicted octanol–water partition coefficient (Wildman–Crippen LogP) is 4.26. The summed E-state index contributed by atoms with van der Waals surface area (Å²) in [6, 6.07) is 2.08. The van der Waals surface area contributed by atoms with Crippen LogP contribution in [0.4, 0.5) is 0 Å². The van der Waals surface area contributed by atoms with E-state index in [9.17, 15) is 4.79 Å². The largest absolute Gasteiger partial charge is 0.349 e. The number of hydrogen-bond acceptors (Lipinski definition) is 3. The lowest BCUT2D eigenvalue weighted by atomic mass is 9.88. The van der Waals surface area contributed by atoms with E-state index in [1.165, 1.54) is 44.1 Å². The minimum absolute atomic E-state index is 0.101. The highest BCUT2D eigenvalue weighted by molar-refractivity contribution is 7.12. The van der Waals surface area contributed by atoms with Gasteiger partial charge in [-0.25, -0.2) is 0 Å². The molecule has 1 aromatic rings. The van der Waals surface area contributed by atoms with Gasteiger partial charge in [0.25, 0.3) is 5.91 Å². The number of thiophene rings is 1. The summed E-state index contributed by atoms with van der Waals surface area (Å²) < 4.78 is 0. The van der Waals surface area contributed by atoms with Crippen molar-refractivity contribution in [1.82, 2.24) is 10.2 Å². The van der Waals surface area contributed by atoms with Gasteiger partial charge in [-0.2, -0.15) is 0 Å². The summed E-state index contributed by atoms with van der Waals surface area (Å²) >= 11 is 1.56. The molecule has 1 aliphatic rings. The summed E-state index contributed by atoms with van der Waals surface area (Å²) in [5.41, 5.74) is 1.30. The van der Waals surface area contributed by atoms with Gasteiger partial charge in [0.2, 0.25) is 0 Å². The highest BCUT2D eigenvalue weighted by Gasteiger charge is 2.33. The highest BCUT2D eigenvalue weighted by atomic mass is 32.1. The van der Waals surface area contributed by atoms with Gasteiger partial charge in [0.05, 0.1) is 4.88 Å². The molecule has 2 rings (SSSR count). The van der Waals surface area contributed by atoms with Crippen molar-refractivity contribution in [3.63, 3.8) is 0 Å². The fourth-order valence-electron chi connectivity index (χ4n) is 3.45. The third kappa shape index (κ3) is 3.90. The first-order chi connectivity index (χ1) is 10.5. The third-order valence-corrected chi connectivity index (χ3v) is 6.01. The average molecular weight is 323 g/mol. The molecule has 0 spiro atoms. The first-order valence-electron chi connectivity index (χ1n) is 8.49. The molecule has 1 amide bonds. The second-order valence-electron chi connectivity index (χ2n) is 7.08. The summed E-state index contributed by atoms with van der Waals surface area (Å²) in [6.45, 7) is 5.05. The molecule has 3 nitrogen and oxygen atoms in total. The van der Waals surface area contributed by atoms with E-state index in [1.54, 1.807) is 11.3 Å². The lowest BCUT2D eigenvalue weighted by molar-refractivity contribution is 0.0872. The second kappa shape index (κ2) is 7.60. The molecule has 0 aliphatic heterocycles. The number of nitrogens with zero attached hydrogens (tertiary/aromatic N) is 1. The first kappa shape index (κ1) is 17.5. The Morgan fingerprint density at radius 3 is 2.45 bits per heavy atom. The summed E-state index contributed by atoms with van der Waals surface area (Å²) in [7, 11) is 4.31. The Morgan fingerprint density at radius 1 is 1.27 bits per heavy atom. The Kier molecular flexibility index (Phi) is 6.04. The molecule has 0 radical (unpaired) electrons. The minimum Gasteiger partial charge on any atom is -0.349 e. The number of rotatable bonds is 5. The molecular formula is C18H30N2OS. The molecule has 1 saturated carbocycles. The second-order valence-corrected chi connectivity index (χ2v) is 7.99. The van der Waals surface area contributed by atoms with Crippen molar-refractivity contribution in [2.24, 2.45) is 0 Å². The monoisotopic (exact) mass is 322 g/mol. The minimum atomic E-state index is 0.101. The van der Waals surface area contributed by atoms with Crippen molar-refractivity contribution in [1.29, 1.82) is 0 Å². The Morgan fingerprint density at radius 2 is 1.91 bits per heavy atom. The first-order valence-corrected chi connectivity index (χ1v) is 9.37. The van der Waals surface area contributed by atoms with Crippen molar-refractivity contribution in [2.45, 2.75) is 63.8 Å². The van der Waals surface area contributed by atoms with E-state index in [4.69, 9.17) is 0 Å². The summed E-state index contributed by atoms with van der Waals surface area (Å²) in [5.74, 6) is 0.497. The smallest absolute Gasteiger partial charge is 0.261 e. The molecule has 1 aliphatic carbocycles. The normalized spacial score (nSPS) is 18.5. The van der Waals surface area contributed by atoms with Crippen molar-refractivity contribution >= 4 is 17.2 Å². The molecule has 124 valence electrons. The SMILES string of the molecule is CC(C)c1ccsc1C(=O)NCC1(N(C)C)CCCCCC1. The lowest BCUT2D eigenvalue weighted by Gasteiger charge is -2.39. The maximum Gasteiger partial charge on any atom is 0.261 e. The lowest BCUT2D eigenvalue weighted by Crippen LogP contribution is -2.52. The average Bonchev–Trinajstić information content (AvgIpc) is 2.84. The standard InChI is InChI=1S/C18H30N2OS/c1-14(2)15-9-12-22-16(15)17(21)19-13-18(20(3)4)10-7-5-6-8-11-18/h9,12,14H,5-8,10-11,13H2,1-4H3,(H,19,21). The van der Waals surface area contributed by atoms with Crippen LogP contribution in [0.15, 0.2) is 11.4 Å². The number of hydrogen-bond donors (Lipinski definition) is 1. The van der Waals surface area contributed by atoms with Crippen molar-refractivity contribution in [3.8, 4) is 0 Å².